The molecule has 1 saturated carbocycles. The van der Waals surface area contributed by atoms with E-state index in [1.54, 1.807) is 48.0 Å². The Hall–Kier alpha value is -3.46. The molecule has 3 amide bonds. The van der Waals surface area contributed by atoms with Crippen LogP contribution in [0.25, 0.3) is 11.0 Å². The van der Waals surface area contributed by atoms with Crippen molar-refractivity contribution < 1.29 is 19.1 Å². The summed E-state index contributed by atoms with van der Waals surface area (Å²) in [6.07, 6.45) is 8.31. The van der Waals surface area contributed by atoms with Gasteiger partial charge in [-0.25, -0.2) is 9.78 Å². The molecule has 2 fully saturated rings. The van der Waals surface area contributed by atoms with Crippen LogP contribution in [0.1, 0.15) is 31.2 Å². The first kappa shape index (κ1) is 26.2. The number of ether oxygens (including phenoxy) is 2. The number of hydrogen-bond donors (Lipinski definition) is 0. The van der Waals surface area contributed by atoms with Crippen molar-refractivity contribution in [1.29, 1.82) is 0 Å². The van der Waals surface area contributed by atoms with Gasteiger partial charge in [0, 0.05) is 63.3 Å². The zero-order valence-corrected chi connectivity index (χ0v) is 22.9. The molecule has 0 N–H and O–H groups in total. The lowest BCUT2D eigenvalue weighted by atomic mass is 10.2. The number of pyridine rings is 1. The lowest BCUT2D eigenvalue weighted by Crippen LogP contribution is -2.31. The quantitative estimate of drug-likeness (QED) is 0.327. The number of amides is 3. The Morgan fingerprint density at radius 3 is 2.74 bits per heavy atom. The minimum atomic E-state index is -0.0850. The molecule has 0 spiro atoms. The number of carbonyl (C=O) groups excluding carboxylic acids is 2. The van der Waals surface area contributed by atoms with Crippen LogP contribution in [0.2, 0.25) is 5.02 Å². The number of hydrogen-bond acceptors (Lipinski definition) is 5. The van der Waals surface area contributed by atoms with E-state index in [1.165, 1.54) is 24.2 Å². The first-order chi connectivity index (χ1) is 18.4. The van der Waals surface area contributed by atoms with E-state index in [-0.39, 0.29) is 18.5 Å². The standard InChI is InChI=1S/C28H34ClN5O4/c1-31(2)25(35)18-33-17-22(29)26-20(10-11-30-27(26)33)16-32-12-13-34(28(32)36)21-8-9-23(37-3)24(15-21)38-14-4-5-19-6-7-19/h8-11,15,17,19H,4-7,12-14,16,18H2,1-3H3. The van der Waals surface area contributed by atoms with Gasteiger partial charge in [0.2, 0.25) is 5.91 Å². The van der Waals surface area contributed by atoms with Crippen LogP contribution >= 0.6 is 11.6 Å². The SMILES string of the molecule is COc1ccc(N2CCN(Cc3ccnc4c3c(Cl)cn4CC(=O)N(C)C)C2=O)cc1OCCCC1CC1. The lowest BCUT2D eigenvalue weighted by Gasteiger charge is -2.20. The smallest absolute Gasteiger partial charge is 0.324 e. The van der Waals surface area contributed by atoms with Crippen LogP contribution in [0.4, 0.5) is 10.5 Å². The second-order valence-electron chi connectivity index (χ2n) is 10.2. The van der Waals surface area contributed by atoms with E-state index >= 15 is 0 Å². The highest BCUT2D eigenvalue weighted by Crippen LogP contribution is 2.36. The maximum Gasteiger partial charge on any atom is 0.324 e. The van der Waals surface area contributed by atoms with E-state index in [1.807, 2.05) is 24.3 Å². The molecule has 0 radical (unpaired) electrons. The van der Waals surface area contributed by atoms with Gasteiger partial charge >= 0.3 is 6.03 Å². The number of methoxy groups -OCH3 is 1. The van der Waals surface area contributed by atoms with Crippen LogP contribution in [0.5, 0.6) is 11.5 Å². The molecule has 2 aromatic heterocycles. The summed E-state index contributed by atoms with van der Waals surface area (Å²) in [7, 11) is 5.05. The predicted molar refractivity (Wildman–Crippen MR) is 147 cm³/mol. The Bertz CT molecular complexity index is 1340. The third-order valence-corrected chi connectivity index (χ3v) is 7.51. The minimum Gasteiger partial charge on any atom is -0.493 e. The van der Waals surface area contributed by atoms with E-state index in [4.69, 9.17) is 21.1 Å². The topological polar surface area (TPSA) is 80.1 Å². The Balaban J connectivity index is 1.30. The summed E-state index contributed by atoms with van der Waals surface area (Å²) in [5.74, 6) is 2.13. The zero-order valence-electron chi connectivity index (χ0n) is 22.2. The molecule has 0 unspecified atom stereocenters. The Morgan fingerprint density at radius 2 is 2.00 bits per heavy atom. The zero-order chi connectivity index (χ0) is 26.8. The number of aromatic nitrogens is 2. The van der Waals surface area contributed by atoms with Gasteiger partial charge < -0.3 is 23.8 Å². The summed E-state index contributed by atoms with van der Waals surface area (Å²) in [4.78, 5) is 35.3. The van der Waals surface area contributed by atoms with Gasteiger partial charge in [0.05, 0.1) is 18.7 Å². The molecule has 1 saturated heterocycles. The second-order valence-corrected chi connectivity index (χ2v) is 10.6. The second kappa shape index (κ2) is 11.1. The monoisotopic (exact) mass is 539 g/mol. The van der Waals surface area contributed by atoms with Crippen LogP contribution in [0.15, 0.2) is 36.7 Å². The van der Waals surface area contributed by atoms with E-state index in [0.29, 0.717) is 48.4 Å². The van der Waals surface area contributed by atoms with Gasteiger partial charge in [0.25, 0.3) is 0 Å². The molecule has 0 atom stereocenters. The Kier molecular flexibility index (Phi) is 7.65. The number of halogens is 1. The summed E-state index contributed by atoms with van der Waals surface area (Å²) < 4.78 is 13.3. The largest absolute Gasteiger partial charge is 0.493 e. The third kappa shape index (κ3) is 5.53. The number of anilines is 1. The Labute approximate surface area is 227 Å². The lowest BCUT2D eigenvalue weighted by molar-refractivity contribution is -0.129. The molecule has 1 aliphatic carbocycles. The maximum atomic E-state index is 13.4. The van der Waals surface area contributed by atoms with Gasteiger partial charge in [0.1, 0.15) is 12.2 Å². The fourth-order valence-electron chi connectivity index (χ4n) is 4.85. The average Bonchev–Trinajstić information content (AvgIpc) is 3.59. The molecule has 2 aliphatic rings. The van der Waals surface area contributed by atoms with Gasteiger partial charge in [-0.2, -0.15) is 0 Å². The van der Waals surface area contributed by atoms with Crippen molar-refractivity contribution in [3.8, 4) is 11.5 Å². The van der Waals surface area contributed by atoms with Crippen molar-refractivity contribution in [3.63, 3.8) is 0 Å². The van der Waals surface area contributed by atoms with Crippen LogP contribution in [0.3, 0.4) is 0 Å². The van der Waals surface area contributed by atoms with E-state index in [9.17, 15) is 9.59 Å². The molecular weight excluding hydrogens is 506 g/mol. The average molecular weight is 540 g/mol. The Morgan fingerprint density at radius 1 is 1.18 bits per heavy atom. The van der Waals surface area contributed by atoms with E-state index < -0.39 is 0 Å². The number of likely N-dealkylation sites (N-methyl/N-ethyl adjacent to an activating group) is 1. The maximum absolute atomic E-state index is 13.4. The number of rotatable bonds is 11. The van der Waals surface area contributed by atoms with Crippen molar-refractivity contribution in [2.45, 2.75) is 38.8 Å². The van der Waals surface area contributed by atoms with Crippen molar-refractivity contribution >= 4 is 40.3 Å². The summed E-state index contributed by atoms with van der Waals surface area (Å²) >= 11 is 6.59. The number of benzene rings is 1. The van der Waals surface area contributed by atoms with Crippen molar-refractivity contribution in [2.75, 3.05) is 45.8 Å². The predicted octanol–water partition coefficient (Wildman–Crippen LogP) is 4.80. The molecular formula is C28H34ClN5O4. The minimum absolute atomic E-state index is 0.0538. The van der Waals surface area contributed by atoms with Crippen LogP contribution in [0, 0.1) is 5.92 Å². The molecule has 1 aromatic carbocycles. The fraction of sp³-hybridized carbons (Fsp3) is 0.464. The summed E-state index contributed by atoms with van der Waals surface area (Å²) in [5, 5.41) is 1.27. The van der Waals surface area contributed by atoms with Crippen LogP contribution in [-0.2, 0) is 17.9 Å². The number of fused-ring (bicyclic) bond motifs is 1. The van der Waals surface area contributed by atoms with Crippen molar-refractivity contribution in [2.24, 2.45) is 5.92 Å². The summed E-state index contributed by atoms with van der Waals surface area (Å²) in [6, 6.07) is 7.42. The number of nitrogens with zero attached hydrogens (tertiary/aromatic N) is 5. The normalized spacial score (nSPS) is 15.4. The van der Waals surface area contributed by atoms with Crippen molar-refractivity contribution in [1.82, 2.24) is 19.4 Å². The molecule has 1 aliphatic heterocycles. The van der Waals surface area contributed by atoms with E-state index in [2.05, 4.69) is 4.98 Å². The van der Waals surface area contributed by atoms with Crippen LogP contribution < -0.4 is 14.4 Å². The van der Waals surface area contributed by atoms with E-state index in [0.717, 1.165) is 29.0 Å². The van der Waals surface area contributed by atoms with Crippen LogP contribution in [-0.4, -0.2) is 72.2 Å². The first-order valence-electron chi connectivity index (χ1n) is 13.1. The molecule has 10 heteroatoms. The van der Waals surface area contributed by atoms with Gasteiger partial charge in [-0.1, -0.05) is 24.4 Å². The molecule has 3 heterocycles. The first-order valence-corrected chi connectivity index (χ1v) is 13.4. The fourth-order valence-corrected chi connectivity index (χ4v) is 5.17. The molecule has 38 heavy (non-hydrogen) atoms. The van der Waals surface area contributed by atoms with Gasteiger partial charge in [-0.15, -0.1) is 0 Å². The molecule has 202 valence electrons. The van der Waals surface area contributed by atoms with Crippen molar-refractivity contribution in [3.05, 3.63) is 47.2 Å². The molecule has 9 nitrogen and oxygen atoms in total. The number of carbonyl (C=O) groups is 2. The summed E-state index contributed by atoms with van der Waals surface area (Å²) in [6.45, 7) is 2.30. The van der Waals surface area contributed by atoms with Gasteiger partial charge in [-0.05, 0) is 42.5 Å². The van der Waals surface area contributed by atoms with Gasteiger partial charge in [0.15, 0.2) is 11.5 Å². The summed E-state index contributed by atoms with van der Waals surface area (Å²) in [5.41, 5.74) is 2.30. The molecule has 0 bridgehead atoms. The number of urea groups is 1. The third-order valence-electron chi connectivity index (χ3n) is 7.23. The highest BCUT2D eigenvalue weighted by atomic mass is 35.5. The molecule has 5 rings (SSSR count). The molecule has 3 aromatic rings. The highest BCUT2D eigenvalue weighted by molar-refractivity contribution is 6.35. The highest BCUT2D eigenvalue weighted by Gasteiger charge is 2.31. The van der Waals surface area contributed by atoms with Gasteiger partial charge in [-0.3, -0.25) is 9.69 Å².